The first-order chi connectivity index (χ1) is 6.36. The molecule has 0 saturated heterocycles. The summed E-state index contributed by atoms with van der Waals surface area (Å²) < 4.78 is 10.1. The Morgan fingerprint density at radius 2 is 2.31 bits per heavy atom. The molecule has 4 nitrogen and oxygen atoms in total. The maximum Gasteiger partial charge on any atom is 0.231 e. The van der Waals surface area contributed by atoms with E-state index in [1.807, 2.05) is 6.07 Å². The van der Waals surface area contributed by atoms with Crippen LogP contribution in [0.3, 0.4) is 0 Å². The van der Waals surface area contributed by atoms with E-state index in [0.29, 0.717) is 23.3 Å². The van der Waals surface area contributed by atoms with Crippen LogP contribution in [0.4, 0.5) is 0 Å². The van der Waals surface area contributed by atoms with Gasteiger partial charge in [0, 0.05) is 0 Å². The van der Waals surface area contributed by atoms with Gasteiger partial charge in [-0.3, -0.25) is 4.79 Å². The molecule has 1 aliphatic rings. The molecule has 0 bridgehead atoms. The first-order valence-electron chi connectivity index (χ1n) is 3.64. The number of hydrogen-bond acceptors (Lipinski definition) is 4. The Morgan fingerprint density at radius 1 is 1.46 bits per heavy atom. The topological polar surface area (TPSA) is 59.3 Å². The summed E-state index contributed by atoms with van der Waals surface area (Å²) in [6.07, 6.45) is 0.603. The second kappa shape index (κ2) is 2.79. The zero-order valence-corrected chi connectivity index (χ0v) is 6.61. The smallest absolute Gasteiger partial charge is 0.231 e. The van der Waals surface area contributed by atoms with Gasteiger partial charge in [-0.2, -0.15) is 5.26 Å². The van der Waals surface area contributed by atoms with E-state index < -0.39 is 0 Å². The summed E-state index contributed by atoms with van der Waals surface area (Å²) in [5.74, 6) is 0.884. The highest BCUT2D eigenvalue weighted by Crippen LogP contribution is 2.36. The van der Waals surface area contributed by atoms with E-state index in [9.17, 15) is 4.79 Å². The predicted octanol–water partition coefficient (Wildman–Crippen LogP) is 1.10. The molecule has 64 valence electrons. The van der Waals surface area contributed by atoms with Crippen molar-refractivity contribution < 1.29 is 14.3 Å². The van der Waals surface area contributed by atoms with Crippen LogP contribution in [0.15, 0.2) is 12.1 Å². The Balaban J connectivity index is 2.68. The summed E-state index contributed by atoms with van der Waals surface area (Å²) in [5, 5.41) is 8.68. The second-order valence-electron chi connectivity index (χ2n) is 2.49. The molecule has 0 unspecified atom stereocenters. The fourth-order valence-electron chi connectivity index (χ4n) is 1.21. The van der Waals surface area contributed by atoms with Crippen LogP contribution in [-0.2, 0) is 0 Å². The summed E-state index contributed by atoms with van der Waals surface area (Å²) in [5.41, 5.74) is 0.566. The van der Waals surface area contributed by atoms with Crippen molar-refractivity contribution in [2.24, 2.45) is 0 Å². The molecule has 2 rings (SSSR count). The van der Waals surface area contributed by atoms with Crippen LogP contribution in [0.1, 0.15) is 15.9 Å². The average molecular weight is 175 g/mol. The minimum Gasteiger partial charge on any atom is -0.454 e. The van der Waals surface area contributed by atoms with E-state index >= 15 is 0 Å². The maximum atomic E-state index is 10.7. The molecule has 13 heavy (non-hydrogen) atoms. The molecule has 1 aliphatic heterocycles. The third-order valence-corrected chi connectivity index (χ3v) is 1.82. The minimum absolute atomic E-state index is 0.102. The van der Waals surface area contributed by atoms with Gasteiger partial charge in [-0.1, -0.05) is 0 Å². The van der Waals surface area contributed by atoms with Gasteiger partial charge in [0.15, 0.2) is 17.8 Å². The fraction of sp³-hybridized carbons (Fsp3) is 0.111. The van der Waals surface area contributed by atoms with E-state index in [1.54, 1.807) is 6.07 Å². The van der Waals surface area contributed by atoms with Crippen LogP contribution >= 0.6 is 0 Å². The van der Waals surface area contributed by atoms with Crippen LogP contribution < -0.4 is 9.47 Å². The summed E-state index contributed by atoms with van der Waals surface area (Å²) in [6, 6.07) is 5.07. The molecule has 0 N–H and O–H groups in total. The number of hydrogen-bond donors (Lipinski definition) is 0. The van der Waals surface area contributed by atoms with Crippen molar-refractivity contribution in [3.63, 3.8) is 0 Å². The maximum absolute atomic E-state index is 10.7. The highest BCUT2D eigenvalue weighted by Gasteiger charge is 2.20. The number of nitrogens with zero attached hydrogens (tertiary/aromatic N) is 1. The lowest BCUT2D eigenvalue weighted by Crippen LogP contribution is -1.95. The van der Waals surface area contributed by atoms with Crippen molar-refractivity contribution >= 4 is 6.29 Å². The largest absolute Gasteiger partial charge is 0.454 e. The van der Waals surface area contributed by atoms with Crippen LogP contribution in [0.2, 0.25) is 0 Å². The summed E-state index contributed by atoms with van der Waals surface area (Å²) in [4.78, 5) is 10.7. The number of carbonyl (C=O) groups excluding carboxylic acids is 1. The van der Waals surface area contributed by atoms with Gasteiger partial charge in [-0.05, 0) is 12.1 Å². The SMILES string of the molecule is N#Cc1ccc2c(c1C=O)OCO2. The van der Waals surface area contributed by atoms with E-state index in [4.69, 9.17) is 14.7 Å². The molecule has 0 radical (unpaired) electrons. The number of fused-ring (bicyclic) bond motifs is 1. The number of aldehydes is 1. The quantitative estimate of drug-likeness (QED) is 0.599. The van der Waals surface area contributed by atoms with Gasteiger partial charge in [-0.25, -0.2) is 0 Å². The number of nitriles is 1. The van der Waals surface area contributed by atoms with Crippen LogP contribution in [0, 0.1) is 11.3 Å². The van der Waals surface area contributed by atoms with Crippen molar-refractivity contribution in [2.75, 3.05) is 6.79 Å². The summed E-state index contributed by atoms with van der Waals surface area (Å²) in [6.45, 7) is 0.102. The zero-order chi connectivity index (χ0) is 9.26. The Bertz CT molecular complexity index is 406. The van der Waals surface area contributed by atoms with Gasteiger partial charge >= 0.3 is 0 Å². The fourth-order valence-corrected chi connectivity index (χ4v) is 1.21. The Hall–Kier alpha value is -2.02. The van der Waals surface area contributed by atoms with Crippen molar-refractivity contribution in [3.05, 3.63) is 23.3 Å². The van der Waals surface area contributed by atoms with E-state index in [-0.39, 0.29) is 12.4 Å². The Morgan fingerprint density at radius 3 is 3.00 bits per heavy atom. The molecular weight excluding hydrogens is 170 g/mol. The number of carbonyl (C=O) groups is 1. The van der Waals surface area contributed by atoms with Gasteiger partial charge in [0.25, 0.3) is 0 Å². The number of benzene rings is 1. The third kappa shape index (κ3) is 1.02. The van der Waals surface area contributed by atoms with Crippen molar-refractivity contribution in [1.82, 2.24) is 0 Å². The van der Waals surface area contributed by atoms with Crippen molar-refractivity contribution in [1.29, 1.82) is 5.26 Å². The summed E-state index contributed by atoms with van der Waals surface area (Å²) >= 11 is 0. The molecule has 4 heteroatoms. The highest BCUT2D eigenvalue weighted by atomic mass is 16.7. The van der Waals surface area contributed by atoms with Crippen molar-refractivity contribution in [2.45, 2.75) is 0 Å². The van der Waals surface area contributed by atoms with E-state index in [2.05, 4.69) is 0 Å². The Labute approximate surface area is 74.3 Å². The van der Waals surface area contributed by atoms with E-state index in [1.165, 1.54) is 6.07 Å². The zero-order valence-electron chi connectivity index (χ0n) is 6.61. The number of ether oxygens (including phenoxy) is 2. The average Bonchev–Trinajstić information content (AvgIpc) is 2.63. The molecule has 1 aromatic rings. The van der Waals surface area contributed by atoms with Gasteiger partial charge in [-0.15, -0.1) is 0 Å². The van der Waals surface area contributed by atoms with Crippen LogP contribution in [-0.4, -0.2) is 13.1 Å². The lowest BCUT2D eigenvalue weighted by Gasteiger charge is -1.99. The van der Waals surface area contributed by atoms with E-state index in [0.717, 1.165) is 0 Å². The normalized spacial score (nSPS) is 12.2. The lowest BCUT2D eigenvalue weighted by molar-refractivity contribution is 0.111. The lowest BCUT2D eigenvalue weighted by atomic mass is 10.1. The van der Waals surface area contributed by atoms with Gasteiger partial charge < -0.3 is 9.47 Å². The van der Waals surface area contributed by atoms with Gasteiger partial charge in [0.2, 0.25) is 6.79 Å². The van der Waals surface area contributed by atoms with Crippen LogP contribution in [0.5, 0.6) is 11.5 Å². The van der Waals surface area contributed by atoms with Crippen molar-refractivity contribution in [3.8, 4) is 17.6 Å². The second-order valence-corrected chi connectivity index (χ2v) is 2.49. The molecule has 0 aromatic heterocycles. The van der Waals surface area contributed by atoms with Gasteiger partial charge in [0.05, 0.1) is 11.1 Å². The summed E-state index contributed by atoms with van der Waals surface area (Å²) in [7, 11) is 0. The predicted molar refractivity (Wildman–Crippen MR) is 42.7 cm³/mol. The molecule has 0 aliphatic carbocycles. The molecule has 0 fully saturated rings. The first kappa shape index (κ1) is 7.62. The molecule has 1 aromatic carbocycles. The molecule has 0 saturated carbocycles. The highest BCUT2D eigenvalue weighted by molar-refractivity contribution is 5.85. The molecule has 1 heterocycles. The monoisotopic (exact) mass is 175 g/mol. The molecule has 0 spiro atoms. The standard InChI is InChI=1S/C9H5NO3/c10-3-6-1-2-8-9(7(6)4-11)13-5-12-8/h1-2,4H,5H2. The third-order valence-electron chi connectivity index (χ3n) is 1.82. The first-order valence-corrected chi connectivity index (χ1v) is 3.64. The molecule has 0 atom stereocenters. The van der Waals surface area contributed by atoms with Crippen LogP contribution in [0.25, 0.3) is 0 Å². The van der Waals surface area contributed by atoms with Gasteiger partial charge in [0.1, 0.15) is 6.07 Å². The minimum atomic E-state index is 0.102. The number of rotatable bonds is 1. The molecule has 0 amide bonds. The Kier molecular flexibility index (Phi) is 1.64. The molecular formula is C9H5NO3.